The highest BCUT2D eigenvalue weighted by Crippen LogP contribution is 2.36. The van der Waals surface area contributed by atoms with Gasteiger partial charge in [0.15, 0.2) is 0 Å². The van der Waals surface area contributed by atoms with Crippen LogP contribution in [0.4, 0.5) is 23.7 Å². The first-order valence-electron chi connectivity index (χ1n) is 6.05. The maximum atomic E-state index is 12.7. The number of rotatable bonds is 3. The average Bonchev–Trinajstić information content (AvgIpc) is 2.29. The van der Waals surface area contributed by atoms with E-state index >= 15 is 0 Å². The molecule has 0 saturated carbocycles. The Morgan fingerprint density at radius 3 is 2.35 bits per heavy atom. The first-order chi connectivity index (χ1) is 9.11. The van der Waals surface area contributed by atoms with Crippen molar-refractivity contribution in [3.05, 3.63) is 28.8 Å². The van der Waals surface area contributed by atoms with Gasteiger partial charge in [0, 0.05) is 11.7 Å². The van der Waals surface area contributed by atoms with Gasteiger partial charge in [0.2, 0.25) is 0 Å². The third-order valence-electron chi connectivity index (χ3n) is 2.89. The second kappa shape index (κ2) is 6.35. The number of anilines is 1. The summed E-state index contributed by atoms with van der Waals surface area (Å²) in [6.45, 7) is 5.66. The Morgan fingerprint density at radius 1 is 1.25 bits per heavy atom. The van der Waals surface area contributed by atoms with Gasteiger partial charge >= 0.3 is 12.2 Å². The number of alkyl halides is 3. The summed E-state index contributed by atoms with van der Waals surface area (Å²) in [7, 11) is 0. The van der Waals surface area contributed by atoms with Gasteiger partial charge in [0.25, 0.3) is 0 Å². The molecule has 20 heavy (non-hydrogen) atoms. The predicted octanol–water partition coefficient (Wildman–Crippen LogP) is 4.52. The molecule has 0 aromatic heterocycles. The first kappa shape index (κ1) is 16.6. The van der Waals surface area contributed by atoms with Gasteiger partial charge in [-0.1, -0.05) is 25.4 Å². The van der Waals surface area contributed by atoms with Crippen LogP contribution in [0.3, 0.4) is 0 Å². The van der Waals surface area contributed by atoms with Crippen molar-refractivity contribution >= 4 is 23.3 Å². The number of nitrogens with one attached hydrogen (secondary N) is 2. The Hall–Kier alpha value is -1.43. The summed E-state index contributed by atoms with van der Waals surface area (Å²) in [5.41, 5.74) is -0.941. The monoisotopic (exact) mass is 308 g/mol. The van der Waals surface area contributed by atoms with Crippen LogP contribution in [0.5, 0.6) is 0 Å². The minimum atomic E-state index is -4.56. The summed E-state index contributed by atoms with van der Waals surface area (Å²) in [5.74, 6) is 0.219. The van der Waals surface area contributed by atoms with Gasteiger partial charge in [-0.25, -0.2) is 4.79 Å². The Labute approximate surface area is 120 Å². The molecule has 0 saturated heterocycles. The molecule has 2 amide bonds. The Morgan fingerprint density at radius 2 is 1.85 bits per heavy atom. The van der Waals surface area contributed by atoms with E-state index in [4.69, 9.17) is 11.6 Å². The summed E-state index contributed by atoms with van der Waals surface area (Å²) in [6, 6.07) is 2.58. The van der Waals surface area contributed by atoms with Gasteiger partial charge in [-0.2, -0.15) is 13.2 Å². The third-order valence-corrected chi connectivity index (χ3v) is 3.22. The zero-order valence-electron chi connectivity index (χ0n) is 11.3. The van der Waals surface area contributed by atoms with Crippen LogP contribution in [0.15, 0.2) is 18.2 Å². The van der Waals surface area contributed by atoms with Crippen molar-refractivity contribution < 1.29 is 18.0 Å². The molecule has 0 aliphatic rings. The SMILES string of the molecule is CC(C)C(C)NC(=O)Nc1ccc(Cl)c(C(F)(F)F)c1. The van der Waals surface area contributed by atoms with Crippen LogP contribution in [-0.4, -0.2) is 12.1 Å². The van der Waals surface area contributed by atoms with E-state index in [0.717, 1.165) is 12.1 Å². The number of benzene rings is 1. The molecule has 1 aromatic rings. The fraction of sp³-hybridized carbons (Fsp3) is 0.462. The molecule has 2 N–H and O–H groups in total. The lowest BCUT2D eigenvalue weighted by molar-refractivity contribution is -0.137. The number of carbonyl (C=O) groups excluding carboxylic acids is 1. The van der Waals surface area contributed by atoms with Crippen molar-refractivity contribution in [1.29, 1.82) is 0 Å². The van der Waals surface area contributed by atoms with Gasteiger partial charge in [0.1, 0.15) is 0 Å². The van der Waals surface area contributed by atoms with Crippen molar-refractivity contribution in [3.63, 3.8) is 0 Å². The number of carbonyl (C=O) groups is 1. The van der Waals surface area contributed by atoms with E-state index in [9.17, 15) is 18.0 Å². The Kier molecular flexibility index (Phi) is 5.28. The van der Waals surface area contributed by atoms with Crippen LogP contribution in [-0.2, 0) is 6.18 Å². The fourth-order valence-corrected chi connectivity index (χ4v) is 1.59. The fourth-order valence-electron chi connectivity index (χ4n) is 1.36. The zero-order valence-corrected chi connectivity index (χ0v) is 12.1. The topological polar surface area (TPSA) is 41.1 Å². The van der Waals surface area contributed by atoms with E-state index in [-0.39, 0.29) is 17.6 Å². The molecule has 0 spiro atoms. The minimum Gasteiger partial charge on any atom is -0.335 e. The number of urea groups is 1. The Balaban J connectivity index is 2.81. The summed E-state index contributed by atoms with van der Waals surface area (Å²) in [5, 5.41) is 4.59. The number of amides is 2. The molecule has 7 heteroatoms. The zero-order chi connectivity index (χ0) is 15.5. The smallest absolute Gasteiger partial charge is 0.335 e. The van der Waals surface area contributed by atoms with Crippen LogP contribution in [0.25, 0.3) is 0 Å². The quantitative estimate of drug-likeness (QED) is 0.846. The van der Waals surface area contributed by atoms with Gasteiger partial charge in [-0.15, -0.1) is 0 Å². The molecule has 1 atom stereocenters. The summed E-state index contributed by atoms with van der Waals surface area (Å²) >= 11 is 5.49. The highest BCUT2D eigenvalue weighted by atomic mass is 35.5. The molecular formula is C13H16ClF3N2O. The molecule has 0 aliphatic carbocycles. The van der Waals surface area contributed by atoms with Crippen molar-refractivity contribution in [2.45, 2.75) is 33.0 Å². The van der Waals surface area contributed by atoms with E-state index in [2.05, 4.69) is 10.6 Å². The lowest BCUT2D eigenvalue weighted by atomic mass is 10.1. The number of hydrogen-bond donors (Lipinski definition) is 2. The maximum Gasteiger partial charge on any atom is 0.417 e. The second-order valence-corrected chi connectivity index (χ2v) is 5.23. The van der Waals surface area contributed by atoms with Crippen LogP contribution in [0, 0.1) is 5.92 Å². The van der Waals surface area contributed by atoms with E-state index in [1.807, 2.05) is 20.8 Å². The van der Waals surface area contributed by atoms with Gasteiger partial charge in [-0.3, -0.25) is 0 Å². The van der Waals surface area contributed by atoms with Crippen LogP contribution < -0.4 is 10.6 Å². The molecule has 0 fully saturated rings. The number of hydrogen-bond acceptors (Lipinski definition) is 1. The van der Waals surface area contributed by atoms with E-state index in [0.29, 0.717) is 0 Å². The predicted molar refractivity (Wildman–Crippen MR) is 72.9 cm³/mol. The normalized spacial score (nSPS) is 13.2. The molecule has 3 nitrogen and oxygen atoms in total. The van der Waals surface area contributed by atoms with Crippen LogP contribution in [0.1, 0.15) is 26.3 Å². The van der Waals surface area contributed by atoms with Crippen LogP contribution in [0.2, 0.25) is 5.02 Å². The summed E-state index contributed by atoms with van der Waals surface area (Å²) in [4.78, 5) is 11.6. The van der Waals surface area contributed by atoms with Gasteiger partial charge < -0.3 is 10.6 Å². The van der Waals surface area contributed by atoms with E-state index in [1.165, 1.54) is 6.07 Å². The molecule has 1 rings (SSSR count). The Bertz CT molecular complexity index is 489. The maximum absolute atomic E-state index is 12.7. The largest absolute Gasteiger partial charge is 0.417 e. The molecule has 0 aliphatic heterocycles. The summed E-state index contributed by atoms with van der Waals surface area (Å²) in [6.07, 6.45) is -4.56. The standard InChI is InChI=1S/C13H16ClF3N2O/c1-7(2)8(3)18-12(20)19-9-4-5-11(14)10(6-9)13(15,16)17/h4-8H,1-3H3,(H2,18,19,20). The lowest BCUT2D eigenvalue weighted by Gasteiger charge is -2.18. The lowest BCUT2D eigenvalue weighted by Crippen LogP contribution is -2.39. The highest BCUT2D eigenvalue weighted by Gasteiger charge is 2.33. The molecule has 0 heterocycles. The van der Waals surface area contributed by atoms with Crippen LogP contribution >= 0.6 is 11.6 Å². The third kappa shape index (κ3) is 4.59. The molecule has 112 valence electrons. The van der Waals surface area contributed by atoms with E-state index in [1.54, 1.807) is 0 Å². The van der Waals surface area contributed by atoms with Crippen molar-refractivity contribution in [2.24, 2.45) is 5.92 Å². The average molecular weight is 309 g/mol. The van der Waals surface area contributed by atoms with Crippen molar-refractivity contribution in [3.8, 4) is 0 Å². The van der Waals surface area contributed by atoms with E-state index < -0.39 is 22.8 Å². The molecular weight excluding hydrogens is 293 g/mol. The van der Waals surface area contributed by atoms with Crippen molar-refractivity contribution in [2.75, 3.05) is 5.32 Å². The highest BCUT2D eigenvalue weighted by molar-refractivity contribution is 6.31. The molecule has 0 radical (unpaired) electrons. The first-order valence-corrected chi connectivity index (χ1v) is 6.43. The molecule has 1 aromatic carbocycles. The molecule has 0 bridgehead atoms. The number of halogens is 4. The van der Waals surface area contributed by atoms with Crippen molar-refractivity contribution in [1.82, 2.24) is 5.32 Å². The van der Waals surface area contributed by atoms with Gasteiger partial charge in [0.05, 0.1) is 10.6 Å². The summed E-state index contributed by atoms with van der Waals surface area (Å²) < 4.78 is 38.0. The molecule has 1 unspecified atom stereocenters. The second-order valence-electron chi connectivity index (χ2n) is 4.82. The minimum absolute atomic E-state index is 0.0372. The van der Waals surface area contributed by atoms with Gasteiger partial charge in [-0.05, 0) is 31.0 Å².